The molecule has 2 heterocycles. The number of nitrogens with one attached hydrogen (secondary N) is 1. The predicted molar refractivity (Wildman–Crippen MR) is 53.4 cm³/mol. The van der Waals surface area contributed by atoms with Gasteiger partial charge in [-0.2, -0.15) is 5.10 Å². The third-order valence-electron chi connectivity index (χ3n) is 1.97. The molecule has 7 nitrogen and oxygen atoms in total. The zero-order valence-electron chi connectivity index (χ0n) is 8.29. The van der Waals surface area contributed by atoms with E-state index in [1.165, 1.54) is 0 Å². The fraction of sp³-hybridized carbons (Fsp3) is 0.222. The number of H-pyrrole nitrogens is 1. The molecule has 2 rings (SSSR count). The van der Waals surface area contributed by atoms with Gasteiger partial charge in [0.15, 0.2) is 5.82 Å². The quantitative estimate of drug-likeness (QED) is 0.765. The third kappa shape index (κ3) is 2.38. The van der Waals surface area contributed by atoms with E-state index >= 15 is 0 Å². The number of aromatic amines is 1. The third-order valence-corrected chi connectivity index (χ3v) is 1.97. The van der Waals surface area contributed by atoms with Crippen LogP contribution >= 0.6 is 0 Å². The summed E-state index contributed by atoms with van der Waals surface area (Å²) in [5, 5.41) is 22.7. The molecular weight excluding hydrogens is 210 g/mol. The monoisotopic (exact) mass is 219 g/mol. The van der Waals surface area contributed by atoms with Crippen molar-refractivity contribution >= 4 is 5.97 Å². The second kappa shape index (κ2) is 4.47. The molecule has 2 N–H and O–H groups in total. The number of aryl methyl sites for hydroxylation is 1. The van der Waals surface area contributed by atoms with Gasteiger partial charge in [0.05, 0.1) is 18.8 Å². The topological polar surface area (TPSA) is 105 Å². The van der Waals surface area contributed by atoms with Gasteiger partial charge in [-0.05, 0) is 0 Å². The first-order chi connectivity index (χ1) is 7.75. The average Bonchev–Trinajstić information content (AvgIpc) is 2.80. The molecule has 0 aliphatic heterocycles. The van der Waals surface area contributed by atoms with Gasteiger partial charge in [0.1, 0.15) is 5.69 Å². The lowest BCUT2D eigenvalue weighted by Gasteiger charge is -1.97. The molecule has 0 bridgehead atoms. The standard InChI is InChI=1S/C9H9N5O2/c15-9(16)2-1-8-10-5-7(13-14-8)6-3-11-12-4-6/h3-5H,1-2H2,(H,11,12)(H,15,16). The first-order valence-electron chi connectivity index (χ1n) is 4.65. The molecule has 0 fully saturated rings. The van der Waals surface area contributed by atoms with Gasteiger partial charge in [-0.3, -0.25) is 9.89 Å². The van der Waals surface area contributed by atoms with Crippen molar-refractivity contribution < 1.29 is 9.90 Å². The van der Waals surface area contributed by atoms with Gasteiger partial charge in [-0.25, -0.2) is 4.98 Å². The Morgan fingerprint density at radius 2 is 2.25 bits per heavy atom. The van der Waals surface area contributed by atoms with E-state index in [1.807, 2.05) is 0 Å². The summed E-state index contributed by atoms with van der Waals surface area (Å²) in [4.78, 5) is 14.4. The summed E-state index contributed by atoms with van der Waals surface area (Å²) >= 11 is 0. The van der Waals surface area contributed by atoms with Gasteiger partial charge < -0.3 is 5.11 Å². The molecule has 0 aliphatic rings. The number of hydrogen-bond acceptors (Lipinski definition) is 5. The average molecular weight is 219 g/mol. The van der Waals surface area contributed by atoms with Crippen LogP contribution in [0.4, 0.5) is 0 Å². The second-order valence-electron chi connectivity index (χ2n) is 3.14. The van der Waals surface area contributed by atoms with Gasteiger partial charge in [0.2, 0.25) is 0 Å². The van der Waals surface area contributed by atoms with Gasteiger partial charge in [0, 0.05) is 18.2 Å². The minimum absolute atomic E-state index is 0.00668. The second-order valence-corrected chi connectivity index (χ2v) is 3.14. The van der Waals surface area contributed by atoms with Crippen molar-refractivity contribution in [3.63, 3.8) is 0 Å². The highest BCUT2D eigenvalue weighted by molar-refractivity contribution is 5.66. The van der Waals surface area contributed by atoms with Crippen LogP contribution in [-0.2, 0) is 11.2 Å². The summed E-state index contributed by atoms with van der Waals surface area (Å²) in [5.41, 5.74) is 1.40. The van der Waals surface area contributed by atoms with Crippen LogP contribution in [0.3, 0.4) is 0 Å². The van der Waals surface area contributed by atoms with Crippen molar-refractivity contribution in [2.75, 3.05) is 0 Å². The van der Waals surface area contributed by atoms with Crippen LogP contribution in [0, 0.1) is 0 Å². The Morgan fingerprint density at radius 3 is 2.81 bits per heavy atom. The van der Waals surface area contributed by atoms with E-state index in [1.54, 1.807) is 18.6 Å². The van der Waals surface area contributed by atoms with Crippen LogP contribution in [0.25, 0.3) is 11.3 Å². The summed E-state index contributed by atoms with van der Waals surface area (Å²) < 4.78 is 0. The highest BCUT2D eigenvalue weighted by atomic mass is 16.4. The number of aromatic nitrogens is 5. The molecule has 0 aliphatic carbocycles. The van der Waals surface area contributed by atoms with Crippen LogP contribution in [0.2, 0.25) is 0 Å². The predicted octanol–water partition coefficient (Wildman–Crippen LogP) is 0.279. The normalized spacial score (nSPS) is 10.2. The van der Waals surface area contributed by atoms with E-state index in [4.69, 9.17) is 5.11 Å². The van der Waals surface area contributed by atoms with E-state index in [9.17, 15) is 4.79 Å². The number of carboxylic acids is 1. The van der Waals surface area contributed by atoms with Crippen LogP contribution in [0.1, 0.15) is 12.2 Å². The van der Waals surface area contributed by atoms with Crippen LogP contribution in [0.5, 0.6) is 0 Å². The van der Waals surface area contributed by atoms with Gasteiger partial charge >= 0.3 is 5.97 Å². The molecule has 7 heteroatoms. The molecule has 2 aromatic heterocycles. The van der Waals surface area contributed by atoms with Gasteiger partial charge in [-0.15, -0.1) is 10.2 Å². The van der Waals surface area contributed by atoms with Crippen LogP contribution in [0.15, 0.2) is 18.6 Å². The summed E-state index contributed by atoms with van der Waals surface area (Å²) in [6.07, 6.45) is 5.14. The van der Waals surface area contributed by atoms with Gasteiger partial charge in [0.25, 0.3) is 0 Å². The highest BCUT2D eigenvalue weighted by Gasteiger charge is 2.05. The molecule has 82 valence electrons. The maximum Gasteiger partial charge on any atom is 0.303 e. The Balaban J connectivity index is 2.08. The Morgan fingerprint density at radius 1 is 1.38 bits per heavy atom. The molecule has 0 spiro atoms. The smallest absolute Gasteiger partial charge is 0.303 e. The molecule has 0 saturated heterocycles. The SMILES string of the molecule is O=C(O)CCc1ncc(-c2cn[nH]c2)nn1. The maximum atomic E-state index is 10.3. The molecule has 0 saturated carbocycles. The van der Waals surface area contributed by atoms with Gasteiger partial charge in [-0.1, -0.05) is 0 Å². The van der Waals surface area contributed by atoms with Crippen LogP contribution in [-0.4, -0.2) is 36.5 Å². The number of carboxylic acid groups (broad SMARTS) is 1. The Kier molecular flexibility index (Phi) is 2.86. The molecule has 16 heavy (non-hydrogen) atoms. The zero-order chi connectivity index (χ0) is 11.4. The number of carbonyl (C=O) groups is 1. The van der Waals surface area contributed by atoms with Crippen molar-refractivity contribution in [2.24, 2.45) is 0 Å². The summed E-state index contributed by atoms with van der Waals surface area (Å²) in [6.45, 7) is 0. The summed E-state index contributed by atoms with van der Waals surface area (Å²) in [7, 11) is 0. The van der Waals surface area contributed by atoms with E-state index in [0.717, 1.165) is 5.56 Å². The fourth-order valence-electron chi connectivity index (χ4n) is 1.16. The number of rotatable bonds is 4. The minimum atomic E-state index is -0.873. The van der Waals surface area contributed by atoms with E-state index in [2.05, 4.69) is 25.4 Å². The number of aliphatic carboxylic acids is 1. The molecule has 0 radical (unpaired) electrons. The molecule has 0 amide bonds. The van der Waals surface area contributed by atoms with Crippen molar-refractivity contribution in [1.82, 2.24) is 25.4 Å². The van der Waals surface area contributed by atoms with E-state index in [0.29, 0.717) is 11.5 Å². The molecule has 0 aromatic carbocycles. The maximum absolute atomic E-state index is 10.3. The minimum Gasteiger partial charge on any atom is -0.481 e. The van der Waals surface area contributed by atoms with Crippen molar-refractivity contribution in [2.45, 2.75) is 12.8 Å². The first kappa shape index (κ1) is 10.2. The Hall–Kier alpha value is -2.31. The first-order valence-corrected chi connectivity index (χ1v) is 4.65. The van der Waals surface area contributed by atoms with Crippen LogP contribution < -0.4 is 0 Å². The molecule has 0 atom stereocenters. The fourth-order valence-corrected chi connectivity index (χ4v) is 1.16. The highest BCUT2D eigenvalue weighted by Crippen LogP contribution is 2.11. The van der Waals surface area contributed by atoms with Crippen molar-refractivity contribution in [3.8, 4) is 11.3 Å². The zero-order valence-corrected chi connectivity index (χ0v) is 8.29. The number of hydrogen-bond donors (Lipinski definition) is 2. The molecule has 2 aromatic rings. The summed E-state index contributed by atoms with van der Waals surface area (Å²) in [5.74, 6) is -0.447. The summed E-state index contributed by atoms with van der Waals surface area (Å²) in [6, 6.07) is 0. The van der Waals surface area contributed by atoms with E-state index < -0.39 is 5.97 Å². The molecular formula is C9H9N5O2. The van der Waals surface area contributed by atoms with Crippen molar-refractivity contribution in [3.05, 3.63) is 24.4 Å². The lowest BCUT2D eigenvalue weighted by atomic mass is 10.3. The molecule has 0 unspecified atom stereocenters. The Bertz CT molecular complexity index is 465. The number of nitrogens with zero attached hydrogens (tertiary/aromatic N) is 4. The lowest BCUT2D eigenvalue weighted by Crippen LogP contribution is -2.03. The largest absolute Gasteiger partial charge is 0.481 e. The van der Waals surface area contributed by atoms with E-state index in [-0.39, 0.29) is 12.8 Å². The van der Waals surface area contributed by atoms with Crippen molar-refractivity contribution in [1.29, 1.82) is 0 Å². The lowest BCUT2D eigenvalue weighted by molar-refractivity contribution is -0.137. The Labute approximate surface area is 90.6 Å².